The van der Waals surface area contributed by atoms with E-state index in [2.05, 4.69) is 20.5 Å². The predicted molar refractivity (Wildman–Crippen MR) is 82.1 cm³/mol. The second-order valence-electron chi connectivity index (χ2n) is 5.13. The summed E-state index contributed by atoms with van der Waals surface area (Å²) >= 11 is 0. The van der Waals surface area contributed by atoms with Crippen molar-refractivity contribution < 1.29 is 9.18 Å². The third-order valence-corrected chi connectivity index (χ3v) is 3.64. The smallest absolute Gasteiger partial charge is 0.252 e. The number of aromatic nitrogens is 3. The molecule has 0 radical (unpaired) electrons. The molecule has 1 aromatic carbocycles. The van der Waals surface area contributed by atoms with E-state index in [1.54, 1.807) is 39.1 Å². The van der Waals surface area contributed by atoms with Crippen LogP contribution in [0.15, 0.2) is 24.3 Å². The molecule has 2 heterocycles. The Balaban J connectivity index is 2.14. The molecule has 0 atom stereocenters. The quantitative estimate of drug-likeness (QED) is 0.764. The second kappa shape index (κ2) is 5.22. The molecule has 0 saturated heterocycles. The van der Waals surface area contributed by atoms with Gasteiger partial charge in [-0.1, -0.05) is 0 Å². The molecule has 2 aromatic heterocycles. The van der Waals surface area contributed by atoms with Crippen molar-refractivity contribution in [2.45, 2.75) is 13.8 Å². The SMILES string of the molecule is CNC(=O)c1ccc(-c2n[nH]c3cc(F)c(C)cc23)nc1C. The zero-order chi connectivity index (χ0) is 15.9. The van der Waals surface area contributed by atoms with E-state index in [0.717, 1.165) is 5.39 Å². The molecule has 5 nitrogen and oxygen atoms in total. The van der Waals surface area contributed by atoms with Gasteiger partial charge in [0, 0.05) is 12.4 Å². The number of amides is 1. The number of carbonyl (C=O) groups is 1. The van der Waals surface area contributed by atoms with E-state index in [4.69, 9.17) is 0 Å². The molecule has 0 bridgehead atoms. The third kappa shape index (κ3) is 2.22. The first-order valence-corrected chi connectivity index (χ1v) is 6.85. The molecule has 0 unspecified atom stereocenters. The molecule has 0 fully saturated rings. The van der Waals surface area contributed by atoms with Crippen LogP contribution in [0.25, 0.3) is 22.3 Å². The highest BCUT2D eigenvalue weighted by atomic mass is 19.1. The number of rotatable bonds is 2. The number of pyridine rings is 1. The van der Waals surface area contributed by atoms with Gasteiger partial charge in [-0.05, 0) is 43.7 Å². The van der Waals surface area contributed by atoms with Crippen molar-refractivity contribution in [1.29, 1.82) is 0 Å². The maximum absolute atomic E-state index is 13.6. The molecule has 2 N–H and O–H groups in total. The molecule has 22 heavy (non-hydrogen) atoms. The van der Waals surface area contributed by atoms with Crippen molar-refractivity contribution in [2.24, 2.45) is 0 Å². The molecule has 0 aliphatic carbocycles. The second-order valence-corrected chi connectivity index (χ2v) is 5.13. The van der Waals surface area contributed by atoms with Crippen LogP contribution in [-0.2, 0) is 0 Å². The fourth-order valence-electron chi connectivity index (χ4n) is 2.41. The van der Waals surface area contributed by atoms with Gasteiger partial charge in [-0.3, -0.25) is 14.9 Å². The van der Waals surface area contributed by atoms with Crippen LogP contribution < -0.4 is 5.32 Å². The van der Waals surface area contributed by atoms with Crippen LogP contribution in [0.4, 0.5) is 4.39 Å². The molecule has 3 aromatic rings. The van der Waals surface area contributed by atoms with Crippen LogP contribution in [0.5, 0.6) is 0 Å². The first-order valence-electron chi connectivity index (χ1n) is 6.85. The van der Waals surface area contributed by atoms with Crippen molar-refractivity contribution in [3.63, 3.8) is 0 Å². The normalized spacial score (nSPS) is 10.9. The van der Waals surface area contributed by atoms with Gasteiger partial charge < -0.3 is 5.32 Å². The Labute approximate surface area is 126 Å². The predicted octanol–water partition coefficient (Wildman–Crippen LogP) is 2.74. The number of halogens is 1. The Bertz CT molecular complexity index is 885. The van der Waals surface area contributed by atoms with Gasteiger partial charge in [-0.2, -0.15) is 5.10 Å². The van der Waals surface area contributed by atoms with Gasteiger partial charge in [0.15, 0.2) is 0 Å². The lowest BCUT2D eigenvalue weighted by Crippen LogP contribution is -2.19. The Hall–Kier alpha value is -2.76. The molecular formula is C16H15FN4O. The summed E-state index contributed by atoms with van der Waals surface area (Å²) in [5.41, 5.74) is 3.59. The van der Waals surface area contributed by atoms with Gasteiger partial charge >= 0.3 is 0 Å². The van der Waals surface area contributed by atoms with E-state index in [-0.39, 0.29) is 11.7 Å². The number of hydrogen-bond donors (Lipinski definition) is 2. The number of carbonyl (C=O) groups excluding carboxylic acids is 1. The summed E-state index contributed by atoms with van der Waals surface area (Å²) in [5.74, 6) is -0.455. The summed E-state index contributed by atoms with van der Waals surface area (Å²) in [6.45, 7) is 3.48. The number of H-pyrrole nitrogens is 1. The van der Waals surface area contributed by atoms with Crippen LogP contribution in [0, 0.1) is 19.7 Å². The van der Waals surface area contributed by atoms with Crippen molar-refractivity contribution in [3.8, 4) is 11.4 Å². The summed E-state index contributed by atoms with van der Waals surface area (Å²) in [7, 11) is 1.58. The van der Waals surface area contributed by atoms with Crippen molar-refractivity contribution in [3.05, 3.63) is 46.9 Å². The summed E-state index contributed by atoms with van der Waals surface area (Å²) in [5, 5.41) is 10.4. The minimum atomic E-state index is -0.276. The summed E-state index contributed by atoms with van der Waals surface area (Å²) in [6.07, 6.45) is 0. The Kier molecular flexibility index (Phi) is 3.36. The lowest BCUT2D eigenvalue weighted by atomic mass is 10.1. The molecule has 0 aliphatic rings. The highest BCUT2D eigenvalue weighted by Gasteiger charge is 2.14. The molecule has 6 heteroatoms. The van der Waals surface area contributed by atoms with Crippen molar-refractivity contribution in [1.82, 2.24) is 20.5 Å². The van der Waals surface area contributed by atoms with Crippen LogP contribution >= 0.6 is 0 Å². The molecule has 1 amide bonds. The molecule has 0 saturated carbocycles. The lowest BCUT2D eigenvalue weighted by Gasteiger charge is -2.05. The van der Waals surface area contributed by atoms with Gasteiger partial charge in [0.25, 0.3) is 5.91 Å². The average molecular weight is 298 g/mol. The minimum Gasteiger partial charge on any atom is -0.355 e. The van der Waals surface area contributed by atoms with Gasteiger partial charge in [0.05, 0.1) is 22.5 Å². The highest BCUT2D eigenvalue weighted by Crippen LogP contribution is 2.27. The molecule has 3 rings (SSSR count). The number of nitrogens with zero attached hydrogens (tertiary/aromatic N) is 2. The van der Waals surface area contributed by atoms with E-state index in [9.17, 15) is 9.18 Å². The van der Waals surface area contributed by atoms with E-state index < -0.39 is 0 Å². The lowest BCUT2D eigenvalue weighted by molar-refractivity contribution is 0.0962. The monoisotopic (exact) mass is 298 g/mol. The summed E-state index contributed by atoms with van der Waals surface area (Å²) < 4.78 is 13.6. The zero-order valence-corrected chi connectivity index (χ0v) is 12.5. The molecule has 112 valence electrons. The highest BCUT2D eigenvalue weighted by molar-refractivity contribution is 5.96. The zero-order valence-electron chi connectivity index (χ0n) is 12.5. The number of nitrogens with one attached hydrogen (secondary N) is 2. The number of aromatic amines is 1. The largest absolute Gasteiger partial charge is 0.355 e. The van der Waals surface area contributed by atoms with E-state index in [0.29, 0.717) is 33.7 Å². The fraction of sp³-hybridized carbons (Fsp3) is 0.188. The van der Waals surface area contributed by atoms with Crippen LogP contribution in [0.1, 0.15) is 21.6 Å². The van der Waals surface area contributed by atoms with Crippen LogP contribution in [0.2, 0.25) is 0 Å². The van der Waals surface area contributed by atoms with Gasteiger partial charge in [-0.15, -0.1) is 0 Å². The van der Waals surface area contributed by atoms with Crippen molar-refractivity contribution >= 4 is 16.8 Å². The Morgan fingerprint density at radius 1 is 1.27 bits per heavy atom. The topological polar surface area (TPSA) is 70.7 Å². The number of aryl methyl sites for hydroxylation is 2. The average Bonchev–Trinajstić information content (AvgIpc) is 2.89. The number of fused-ring (bicyclic) bond motifs is 1. The number of benzene rings is 1. The standard InChI is InChI=1S/C16H15FN4O/c1-8-6-11-14(7-12(8)17)20-21-15(11)13-5-4-10(9(2)19-13)16(22)18-3/h4-7H,1-3H3,(H,18,22)(H,20,21). The number of hydrogen-bond acceptors (Lipinski definition) is 3. The van der Waals surface area contributed by atoms with Gasteiger partial charge in [0.2, 0.25) is 0 Å². The maximum Gasteiger partial charge on any atom is 0.252 e. The Morgan fingerprint density at radius 3 is 2.73 bits per heavy atom. The minimum absolute atomic E-state index is 0.179. The van der Waals surface area contributed by atoms with Crippen LogP contribution in [0.3, 0.4) is 0 Å². The van der Waals surface area contributed by atoms with Gasteiger partial charge in [0.1, 0.15) is 11.5 Å². The maximum atomic E-state index is 13.6. The van der Waals surface area contributed by atoms with Crippen LogP contribution in [-0.4, -0.2) is 28.1 Å². The fourth-order valence-corrected chi connectivity index (χ4v) is 2.41. The first kappa shape index (κ1) is 14.2. The molecular weight excluding hydrogens is 283 g/mol. The van der Waals surface area contributed by atoms with Crippen molar-refractivity contribution in [2.75, 3.05) is 7.05 Å². The molecule has 0 aliphatic heterocycles. The summed E-state index contributed by atoms with van der Waals surface area (Å²) in [4.78, 5) is 16.2. The van der Waals surface area contributed by atoms with Gasteiger partial charge in [-0.25, -0.2) is 4.39 Å². The van der Waals surface area contributed by atoms with E-state index in [1.807, 2.05) is 0 Å². The summed E-state index contributed by atoms with van der Waals surface area (Å²) in [6, 6.07) is 6.62. The Morgan fingerprint density at radius 2 is 2.05 bits per heavy atom. The molecule has 0 spiro atoms. The first-order chi connectivity index (χ1) is 10.5. The van der Waals surface area contributed by atoms with E-state index in [1.165, 1.54) is 6.07 Å². The van der Waals surface area contributed by atoms with E-state index >= 15 is 0 Å². The third-order valence-electron chi connectivity index (χ3n) is 3.64.